The Kier molecular flexibility index (Phi) is 4.93. The minimum absolute atomic E-state index is 0.247. The van der Waals surface area contributed by atoms with Crippen LogP contribution in [0.2, 0.25) is 0 Å². The predicted molar refractivity (Wildman–Crippen MR) is 88.7 cm³/mol. The first-order valence-electron chi connectivity index (χ1n) is 8.75. The van der Waals surface area contributed by atoms with Gasteiger partial charge in [0.05, 0.1) is 25.0 Å². The van der Waals surface area contributed by atoms with Crippen molar-refractivity contribution in [1.29, 1.82) is 0 Å². The largest absolute Gasteiger partial charge is 0.465 e. The van der Waals surface area contributed by atoms with Crippen LogP contribution in [0.15, 0.2) is 11.1 Å². The molecule has 130 valence electrons. The standard InChI is InChI=1S/C19H30O4/c1-7-9-22-16(20)14-15(17(21)23-10-8-2)19(6)11-18(14,5)12(3)13(19)4/h14-15H,7-11H2,1-6H3. The van der Waals surface area contributed by atoms with E-state index in [1.54, 1.807) is 0 Å². The van der Waals surface area contributed by atoms with Crippen molar-refractivity contribution in [1.82, 2.24) is 0 Å². The van der Waals surface area contributed by atoms with E-state index < -0.39 is 11.8 Å². The first-order chi connectivity index (χ1) is 10.7. The normalized spacial score (nSPS) is 35.6. The molecule has 4 nitrogen and oxygen atoms in total. The highest BCUT2D eigenvalue weighted by molar-refractivity contribution is 5.86. The maximum atomic E-state index is 12.7. The molecule has 0 aromatic heterocycles. The zero-order chi connectivity index (χ0) is 17.4. The number of carbonyl (C=O) groups is 2. The van der Waals surface area contributed by atoms with Crippen molar-refractivity contribution < 1.29 is 19.1 Å². The van der Waals surface area contributed by atoms with Gasteiger partial charge in [-0.2, -0.15) is 0 Å². The molecular weight excluding hydrogens is 292 g/mol. The van der Waals surface area contributed by atoms with Gasteiger partial charge in [0.2, 0.25) is 0 Å². The topological polar surface area (TPSA) is 52.6 Å². The van der Waals surface area contributed by atoms with Gasteiger partial charge in [-0.15, -0.1) is 0 Å². The molecule has 2 aliphatic rings. The molecule has 4 atom stereocenters. The summed E-state index contributed by atoms with van der Waals surface area (Å²) in [7, 11) is 0. The number of fused-ring (bicyclic) bond motifs is 2. The fourth-order valence-corrected chi connectivity index (χ4v) is 4.68. The molecule has 4 unspecified atom stereocenters. The van der Waals surface area contributed by atoms with Crippen LogP contribution in [0.1, 0.15) is 60.8 Å². The van der Waals surface area contributed by atoms with Gasteiger partial charge in [0.1, 0.15) is 0 Å². The van der Waals surface area contributed by atoms with E-state index >= 15 is 0 Å². The van der Waals surface area contributed by atoms with Crippen LogP contribution < -0.4 is 0 Å². The lowest BCUT2D eigenvalue weighted by atomic mass is 9.65. The number of carbonyl (C=O) groups excluding carboxylic acids is 2. The van der Waals surface area contributed by atoms with Crippen molar-refractivity contribution in [2.75, 3.05) is 13.2 Å². The van der Waals surface area contributed by atoms with Crippen LogP contribution in [0.4, 0.5) is 0 Å². The highest BCUT2D eigenvalue weighted by Gasteiger charge is 2.68. The van der Waals surface area contributed by atoms with Crippen LogP contribution in [0.25, 0.3) is 0 Å². The van der Waals surface area contributed by atoms with Gasteiger partial charge in [0.15, 0.2) is 0 Å². The second-order valence-corrected chi connectivity index (χ2v) is 7.55. The molecule has 2 rings (SSSR count). The van der Waals surface area contributed by atoms with E-state index in [0.29, 0.717) is 13.2 Å². The summed E-state index contributed by atoms with van der Waals surface area (Å²) in [4.78, 5) is 25.5. The third-order valence-electron chi connectivity index (χ3n) is 6.12. The van der Waals surface area contributed by atoms with Gasteiger partial charge < -0.3 is 9.47 Å². The van der Waals surface area contributed by atoms with Crippen LogP contribution >= 0.6 is 0 Å². The summed E-state index contributed by atoms with van der Waals surface area (Å²) in [5.74, 6) is -1.37. The second kappa shape index (κ2) is 6.29. The van der Waals surface area contributed by atoms with E-state index in [9.17, 15) is 9.59 Å². The molecule has 2 aliphatic carbocycles. The van der Waals surface area contributed by atoms with Gasteiger partial charge in [-0.25, -0.2) is 0 Å². The summed E-state index contributed by atoms with van der Waals surface area (Å²) in [6.45, 7) is 13.1. The van der Waals surface area contributed by atoms with Crippen LogP contribution in [0, 0.1) is 22.7 Å². The Morgan fingerprint density at radius 2 is 1.26 bits per heavy atom. The monoisotopic (exact) mass is 322 g/mol. The van der Waals surface area contributed by atoms with Gasteiger partial charge in [0.25, 0.3) is 0 Å². The van der Waals surface area contributed by atoms with Crippen LogP contribution in [-0.2, 0) is 19.1 Å². The number of ether oxygens (including phenoxy) is 2. The van der Waals surface area contributed by atoms with Crippen molar-refractivity contribution in [3.63, 3.8) is 0 Å². The van der Waals surface area contributed by atoms with Crippen molar-refractivity contribution >= 4 is 11.9 Å². The Hall–Kier alpha value is -1.32. The Morgan fingerprint density at radius 3 is 1.57 bits per heavy atom. The molecular formula is C19H30O4. The maximum Gasteiger partial charge on any atom is 0.310 e. The molecule has 4 heteroatoms. The lowest BCUT2D eigenvalue weighted by molar-refractivity contribution is -0.165. The molecule has 0 amide bonds. The Balaban J connectivity index is 2.40. The molecule has 2 bridgehead atoms. The first-order valence-corrected chi connectivity index (χ1v) is 8.75. The van der Waals surface area contributed by atoms with Crippen LogP contribution in [-0.4, -0.2) is 25.2 Å². The van der Waals surface area contributed by atoms with Crippen molar-refractivity contribution in [3.05, 3.63) is 11.1 Å². The summed E-state index contributed by atoms with van der Waals surface area (Å²) in [5, 5.41) is 0. The zero-order valence-corrected chi connectivity index (χ0v) is 15.3. The predicted octanol–water partition coefficient (Wildman–Crippen LogP) is 3.89. The van der Waals surface area contributed by atoms with Crippen LogP contribution in [0.5, 0.6) is 0 Å². The molecule has 1 fully saturated rings. The van der Waals surface area contributed by atoms with Crippen molar-refractivity contribution in [2.24, 2.45) is 22.7 Å². The quantitative estimate of drug-likeness (QED) is 0.550. The summed E-state index contributed by atoms with van der Waals surface area (Å²) in [6, 6.07) is 0. The lowest BCUT2D eigenvalue weighted by Gasteiger charge is -2.38. The van der Waals surface area contributed by atoms with Gasteiger partial charge >= 0.3 is 11.9 Å². The fraction of sp³-hybridized carbons (Fsp3) is 0.789. The number of allylic oxidation sites excluding steroid dienone is 2. The second-order valence-electron chi connectivity index (χ2n) is 7.55. The van der Waals surface area contributed by atoms with Gasteiger partial charge in [-0.3, -0.25) is 9.59 Å². The molecule has 1 saturated carbocycles. The minimum Gasteiger partial charge on any atom is -0.465 e. The van der Waals surface area contributed by atoms with E-state index in [1.165, 1.54) is 11.1 Å². The van der Waals surface area contributed by atoms with E-state index in [0.717, 1.165) is 19.3 Å². The highest BCUT2D eigenvalue weighted by atomic mass is 16.5. The molecule has 23 heavy (non-hydrogen) atoms. The van der Waals surface area contributed by atoms with E-state index in [2.05, 4.69) is 27.7 Å². The summed E-state index contributed by atoms with van der Waals surface area (Å²) >= 11 is 0. The van der Waals surface area contributed by atoms with E-state index in [4.69, 9.17) is 9.47 Å². The van der Waals surface area contributed by atoms with Gasteiger partial charge in [0, 0.05) is 10.8 Å². The fourth-order valence-electron chi connectivity index (χ4n) is 4.68. The third kappa shape index (κ3) is 2.60. The SMILES string of the molecule is CCCOC(=O)C1C(C(=O)OCCC)C2(C)CC1(C)C(C)=C2C. The van der Waals surface area contributed by atoms with Crippen molar-refractivity contribution in [3.8, 4) is 0 Å². The summed E-state index contributed by atoms with van der Waals surface area (Å²) in [5.41, 5.74) is 1.86. The Morgan fingerprint density at radius 1 is 0.913 bits per heavy atom. The first kappa shape index (κ1) is 18.0. The highest BCUT2D eigenvalue weighted by Crippen LogP contribution is 2.69. The molecule has 0 aromatic carbocycles. The third-order valence-corrected chi connectivity index (χ3v) is 6.12. The van der Waals surface area contributed by atoms with E-state index in [1.807, 2.05) is 13.8 Å². The molecule has 0 heterocycles. The average Bonchev–Trinajstić information content (AvgIpc) is 2.86. The van der Waals surface area contributed by atoms with E-state index in [-0.39, 0.29) is 22.8 Å². The molecule has 0 radical (unpaired) electrons. The van der Waals surface area contributed by atoms with Gasteiger partial charge in [-0.1, -0.05) is 38.8 Å². The lowest BCUT2D eigenvalue weighted by Crippen LogP contribution is -2.44. The Bertz CT molecular complexity index is 489. The molecule has 0 aromatic rings. The minimum atomic E-state index is -0.438. The summed E-state index contributed by atoms with van der Waals surface area (Å²) < 4.78 is 10.9. The van der Waals surface area contributed by atoms with Gasteiger partial charge in [-0.05, 0) is 33.1 Å². The smallest absolute Gasteiger partial charge is 0.310 e. The molecule has 0 N–H and O–H groups in total. The maximum absolute atomic E-state index is 12.7. The number of hydrogen-bond acceptors (Lipinski definition) is 4. The molecule has 0 aliphatic heterocycles. The number of rotatable bonds is 6. The Labute approximate surface area is 139 Å². The number of hydrogen-bond donors (Lipinski definition) is 0. The average molecular weight is 322 g/mol. The zero-order valence-electron chi connectivity index (χ0n) is 15.3. The number of esters is 2. The molecule has 0 spiro atoms. The summed E-state index contributed by atoms with van der Waals surface area (Å²) in [6.07, 6.45) is 2.38. The van der Waals surface area contributed by atoms with Crippen LogP contribution in [0.3, 0.4) is 0 Å². The van der Waals surface area contributed by atoms with Crippen molar-refractivity contribution in [2.45, 2.75) is 60.8 Å². The molecule has 0 saturated heterocycles.